The number of nitrogens with one attached hydrogen (secondary N) is 1. The van der Waals surface area contributed by atoms with Crippen LogP contribution in [0.15, 0.2) is 24.3 Å². The van der Waals surface area contributed by atoms with Crippen LogP contribution in [0.4, 0.5) is 8.78 Å². The first-order valence-corrected chi connectivity index (χ1v) is 5.04. The van der Waals surface area contributed by atoms with E-state index in [4.69, 9.17) is 9.84 Å². The van der Waals surface area contributed by atoms with Crippen LogP contribution in [0.3, 0.4) is 0 Å². The smallest absolute Gasteiger partial charge is 0.335 e. The van der Waals surface area contributed by atoms with Gasteiger partial charge in [0.05, 0.1) is 12.1 Å². The predicted octanol–water partition coefficient (Wildman–Crippen LogP) is 1.62. The van der Waals surface area contributed by atoms with Crippen molar-refractivity contribution in [2.24, 2.45) is 0 Å². The van der Waals surface area contributed by atoms with Crippen molar-refractivity contribution in [1.82, 2.24) is 5.32 Å². The lowest BCUT2D eigenvalue weighted by atomic mass is 10.2. The normalized spacial score (nSPS) is 10.5. The first kappa shape index (κ1) is 13.4. The molecule has 0 bridgehead atoms. The van der Waals surface area contributed by atoms with Gasteiger partial charge in [-0.15, -0.1) is 0 Å². The Labute approximate surface area is 97.2 Å². The van der Waals surface area contributed by atoms with Gasteiger partial charge < -0.3 is 15.2 Å². The summed E-state index contributed by atoms with van der Waals surface area (Å²) >= 11 is 0. The van der Waals surface area contributed by atoms with Crippen molar-refractivity contribution in [3.63, 3.8) is 0 Å². The maximum atomic E-state index is 11.8. The summed E-state index contributed by atoms with van der Waals surface area (Å²) < 4.78 is 28.7. The predicted molar refractivity (Wildman–Crippen MR) is 57.8 cm³/mol. The Morgan fingerprint density at radius 3 is 2.88 bits per heavy atom. The van der Waals surface area contributed by atoms with Crippen LogP contribution in [-0.4, -0.2) is 37.2 Å². The number of ether oxygens (including phenoxy) is 1. The van der Waals surface area contributed by atoms with E-state index in [1.165, 1.54) is 12.1 Å². The molecule has 0 heterocycles. The van der Waals surface area contributed by atoms with Crippen molar-refractivity contribution < 1.29 is 23.4 Å². The van der Waals surface area contributed by atoms with E-state index in [0.29, 0.717) is 5.75 Å². The number of alkyl halides is 2. The number of halogens is 2. The molecule has 0 aliphatic carbocycles. The molecule has 1 aromatic rings. The highest BCUT2D eigenvalue weighted by atomic mass is 19.3. The number of hydrogen-bond donors (Lipinski definition) is 2. The highest BCUT2D eigenvalue weighted by Crippen LogP contribution is 2.12. The molecular weight excluding hydrogens is 232 g/mol. The van der Waals surface area contributed by atoms with Crippen molar-refractivity contribution in [2.45, 2.75) is 6.43 Å². The molecule has 0 fully saturated rings. The van der Waals surface area contributed by atoms with Gasteiger partial charge in [-0.25, -0.2) is 13.6 Å². The number of benzene rings is 1. The fraction of sp³-hybridized carbons (Fsp3) is 0.364. The third-order valence-corrected chi connectivity index (χ3v) is 1.93. The zero-order valence-electron chi connectivity index (χ0n) is 9.03. The third-order valence-electron chi connectivity index (χ3n) is 1.93. The summed E-state index contributed by atoms with van der Waals surface area (Å²) in [6, 6.07) is 6.00. The van der Waals surface area contributed by atoms with Crippen LogP contribution in [0.25, 0.3) is 0 Å². The molecule has 1 aromatic carbocycles. The first-order chi connectivity index (χ1) is 8.09. The van der Waals surface area contributed by atoms with Crippen molar-refractivity contribution in [3.05, 3.63) is 29.8 Å². The van der Waals surface area contributed by atoms with E-state index in [9.17, 15) is 13.6 Å². The van der Waals surface area contributed by atoms with Crippen LogP contribution < -0.4 is 10.1 Å². The topological polar surface area (TPSA) is 58.6 Å². The quantitative estimate of drug-likeness (QED) is 0.717. The van der Waals surface area contributed by atoms with Crippen molar-refractivity contribution in [1.29, 1.82) is 0 Å². The number of aromatic carboxylic acids is 1. The average Bonchev–Trinajstić information content (AvgIpc) is 2.28. The second kappa shape index (κ2) is 6.80. The molecule has 0 aliphatic heterocycles. The maximum Gasteiger partial charge on any atom is 0.335 e. The van der Waals surface area contributed by atoms with E-state index in [0.717, 1.165) is 0 Å². The number of rotatable bonds is 7. The minimum Gasteiger partial charge on any atom is -0.492 e. The summed E-state index contributed by atoms with van der Waals surface area (Å²) in [5.41, 5.74) is 0.128. The molecule has 0 saturated heterocycles. The van der Waals surface area contributed by atoms with Gasteiger partial charge in [-0.05, 0) is 18.2 Å². The number of carbonyl (C=O) groups is 1. The van der Waals surface area contributed by atoms with Crippen LogP contribution in [0, 0.1) is 0 Å². The van der Waals surface area contributed by atoms with Crippen molar-refractivity contribution in [2.75, 3.05) is 19.7 Å². The van der Waals surface area contributed by atoms with Gasteiger partial charge in [-0.2, -0.15) is 0 Å². The van der Waals surface area contributed by atoms with Gasteiger partial charge >= 0.3 is 5.97 Å². The molecular formula is C11H13F2NO3. The van der Waals surface area contributed by atoms with Crippen molar-refractivity contribution in [3.8, 4) is 5.75 Å². The molecule has 0 aliphatic rings. The largest absolute Gasteiger partial charge is 0.492 e. The summed E-state index contributed by atoms with van der Waals surface area (Å²) in [4.78, 5) is 10.7. The monoisotopic (exact) mass is 245 g/mol. The molecule has 0 amide bonds. The van der Waals surface area contributed by atoms with E-state index < -0.39 is 12.4 Å². The van der Waals surface area contributed by atoms with Gasteiger partial charge in [-0.3, -0.25) is 0 Å². The van der Waals surface area contributed by atoms with Crippen LogP contribution in [0.2, 0.25) is 0 Å². The molecule has 0 unspecified atom stereocenters. The number of carboxylic acids is 1. The van der Waals surface area contributed by atoms with E-state index >= 15 is 0 Å². The molecule has 2 N–H and O–H groups in total. The lowest BCUT2D eigenvalue weighted by Gasteiger charge is -2.07. The summed E-state index contributed by atoms with van der Waals surface area (Å²) in [7, 11) is 0. The lowest BCUT2D eigenvalue weighted by molar-refractivity contribution is 0.0696. The molecule has 4 nitrogen and oxygen atoms in total. The summed E-state index contributed by atoms with van der Waals surface area (Å²) in [6.07, 6.45) is -2.38. The average molecular weight is 245 g/mol. The van der Waals surface area contributed by atoms with Gasteiger partial charge in [0, 0.05) is 6.54 Å². The molecule has 0 saturated carbocycles. The molecule has 94 valence electrons. The molecule has 17 heavy (non-hydrogen) atoms. The van der Waals surface area contributed by atoms with Crippen molar-refractivity contribution >= 4 is 5.97 Å². The molecule has 1 rings (SSSR count). The third kappa shape index (κ3) is 5.26. The van der Waals surface area contributed by atoms with E-state index in [-0.39, 0.29) is 25.3 Å². The first-order valence-electron chi connectivity index (χ1n) is 5.04. The Bertz CT molecular complexity index is 371. The molecule has 6 heteroatoms. The fourth-order valence-corrected chi connectivity index (χ4v) is 1.17. The lowest BCUT2D eigenvalue weighted by Crippen LogP contribution is -2.26. The Kier molecular flexibility index (Phi) is 5.35. The van der Waals surface area contributed by atoms with Crippen LogP contribution in [0.1, 0.15) is 10.4 Å². The van der Waals surface area contributed by atoms with E-state index in [1.807, 2.05) is 0 Å². The zero-order chi connectivity index (χ0) is 12.7. The summed E-state index contributed by atoms with van der Waals surface area (Å²) in [6.45, 7) is 0.107. The van der Waals surface area contributed by atoms with E-state index in [2.05, 4.69) is 5.32 Å². The van der Waals surface area contributed by atoms with E-state index in [1.54, 1.807) is 12.1 Å². The van der Waals surface area contributed by atoms with Crippen LogP contribution >= 0.6 is 0 Å². The van der Waals surface area contributed by atoms with Crippen LogP contribution in [0.5, 0.6) is 5.75 Å². The zero-order valence-corrected chi connectivity index (χ0v) is 9.03. The molecule has 0 atom stereocenters. The maximum absolute atomic E-state index is 11.8. The Morgan fingerprint density at radius 1 is 1.47 bits per heavy atom. The number of hydrogen-bond acceptors (Lipinski definition) is 3. The molecule has 0 aromatic heterocycles. The molecule has 0 spiro atoms. The van der Waals surface area contributed by atoms with Gasteiger partial charge in [0.25, 0.3) is 6.43 Å². The van der Waals surface area contributed by atoms with Gasteiger partial charge in [0.2, 0.25) is 0 Å². The van der Waals surface area contributed by atoms with Gasteiger partial charge in [0.15, 0.2) is 0 Å². The highest BCUT2D eigenvalue weighted by Gasteiger charge is 2.04. The fourth-order valence-electron chi connectivity index (χ4n) is 1.17. The Hall–Kier alpha value is -1.69. The van der Waals surface area contributed by atoms with Crippen LogP contribution in [-0.2, 0) is 0 Å². The summed E-state index contributed by atoms with van der Waals surface area (Å²) in [5, 5.41) is 11.2. The number of carboxylic acid groups (broad SMARTS) is 1. The molecule has 0 radical (unpaired) electrons. The minimum atomic E-state index is -2.38. The van der Waals surface area contributed by atoms with Gasteiger partial charge in [-0.1, -0.05) is 6.07 Å². The highest BCUT2D eigenvalue weighted by molar-refractivity contribution is 5.87. The second-order valence-electron chi connectivity index (χ2n) is 3.28. The summed E-state index contributed by atoms with van der Waals surface area (Å²) in [5.74, 6) is -0.630. The Morgan fingerprint density at radius 2 is 2.24 bits per heavy atom. The van der Waals surface area contributed by atoms with Gasteiger partial charge in [0.1, 0.15) is 12.4 Å². The SMILES string of the molecule is O=C(O)c1cccc(OCCNCC(F)F)c1. The second-order valence-corrected chi connectivity index (χ2v) is 3.28. The minimum absolute atomic E-state index is 0.128. The Balaban J connectivity index is 2.31. The standard InChI is InChI=1S/C11H13F2NO3/c12-10(13)7-14-4-5-17-9-3-1-2-8(6-9)11(15)16/h1-3,6,10,14H,4-5,7H2,(H,15,16).